The van der Waals surface area contributed by atoms with Crippen LogP contribution in [0.4, 0.5) is 0 Å². The van der Waals surface area contributed by atoms with Gasteiger partial charge in [0.15, 0.2) is 23.4 Å². The maximum atomic E-state index is 15.1. The Morgan fingerprint density at radius 2 is 1.67 bits per heavy atom. The van der Waals surface area contributed by atoms with Gasteiger partial charge in [0.25, 0.3) is 0 Å². The zero-order chi connectivity index (χ0) is 61.6. The molecule has 2 aromatic carbocycles. The van der Waals surface area contributed by atoms with E-state index in [-0.39, 0.29) is 99.3 Å². The van der Waals surface area contributed by atoms with Crippen LogP contribution in [0.15, 0.2) is 58.5 Å². The summed E-state index contributed by atoms with van der Waals surface area (Å²) >= 11 is 0. The number of nitrogens with one attached hydrogen (secondary N) is 1. The summed E-state index contributed by atoms with van der Waals surface area (Å²) < 4.78 is 13.9. The highest BCUT2D eigenvalue weighted by molar-refractivity contribution is 8.77. The van der Waals surface area contributed by atoms with Gasteiger partial charge in [0.2, 0.25) is 5.91 Å². The number of ether oxygens (including phenoxy) is 2. The molecule has 2 aromatic rings. The van der Waals surface area contributed by atoms with Crippen LogP contribution in [-0.2, 0) is 27.3 Å². The van der Waals surface area contributed by atoms with Crippen LogP contribution in [0.2, 0.25) is 0 Å². The second kappa shape index (κ2) is 24.3. The molecule has 89 heavy (non-hydrogen) atoms. The van der Waals surface area contributed by atoms with Crippen LogP contribution in [0.25, 0.3) is 0 Å². The van der Waals surface area contributed by atoms with Crippen molar-refractivity contribution in [2.75, 3.05) is 32.0 Å². The van der Waals surface area contributed by atoms with Crippen LogP contribution >= 0.6 is 21.6 Å². The molecule has 15 aliphatic rings. The smallest absolute Gasteiger partial charge is 0.303 e. The zero-order valence-electron chi connectivity index (χ0n) is 53.0. The Hall–Kier alpha value is -4.16. The molecule has 0 aromatic heterocycles. The molecule has 6 spiro atoms. The fourth-order valence-corrected chi connectivity index (χ4v) is 27.3. The molecule has 0 unspecified atom stereocenters. The van der Waals surface area contributed by atoms with Gasteiger partial charge in [-0.2, -0.15) is 0 Å². The fraction of sp³-hybridized carbons (Fsp3) is 0.750. The number of aliphatic hydroxyl groups excluding tert-OH is 3. The number of aliphatic hydroxyl groups is 3. The predicted molar refractivity (Wildman–Crippen MR) is 352 cm³/mol. The molecule has 6 aliphatic heterocycles. The van der Waals surface area contributed by atoms with Gasteiger partial charge in [-0.1, -0.05) is 77.3 Å². The summed E-state index contributed by atoms with van der Waals surface area (Å²) in [6.07, 6.45) is 29.5. The fourth-order valence-electron chi connectivity index (χ4n) is 23.3. The third kappa shape index (κ3) is 10.6. The number of esters is 1. The molecule has 0 radical (unpaired) electrons. The number of nitrogens with zero attached hydrogens (tertiary/aromatic N) is 3. The summed E-state index contributed by atoms with van der Waals surface area (Å²) in [5, 5.41) is 53.5. The molecule has 486 valence electrons. The number of guanidine groups is 2. The number of amides is 1. The maximum Gasteiger partial charge on any atom is 0.303 e. The minimum atomic E-state index is -0.915. The van der Waals surface area contributed by atoms with E-state index in [0.717, 1.165) is 126 Å². The van der Waals surface area contributed by atoms with E-state index in [4.69, 9.17) is 31.7 Å². The molecule has 1 saturated heterocycles. The van der Waals surface area contributed by atoms with Gasteiger partial charge in [-0.3, -0.25) is 19.6 Å². The quantitative estimate of drug-likeness (QED) is 0.0403. The van der Waals surface area contributed by atoms with Gasteiger partial charge in [0.1, 0.15) is 16.1 Å². The molecule has 10 bridgehead atoms. The number of nitrogens with two attached hydrogens (primary N) is 3. The summed E-state index contributed by atoms with van der Waals surface area (Å²) in [4.78, 5) is 40.2. The van der Waals surface area contributed by atoms with E-state index >= 15 is 4.79 Å². The standard InChI is InChI=1S/C72H103N7O8S2/c1-45(81)86-67-30-19-47-35-51(61(84)62-60(47)48-20-32-71(87-62)28-7-14-52(71)36-48)42-79-44-68(40-59(79)83)53(17-18-57(68)46-11-3-2-4-12-46)41-77-65(75)78-72(29-9-25-66(72)23-5-6-24-66)89-88-43-54-16-15-50(55(21-31-67)58(82)39-67)37-69(54)26-10-27-70(69)38-49(13-8-34-80)56(63(70)85)22-33-76-64(73)74/h2-4,11-12,20,32,35,48-50,52-58,63,80,82,84-85H,5-10,13-19,21-31,33-34,36-44H2,1H3,(H4,73,74,76)(H3,75,77,78)/t48-,49+,50-,52+,53-,54-,55-,56+,57+,58+,63-,67-,68-,69-,70+,71+,72-/m0/s1. The van der Waals surface area contributed by atoms with Crippen LogP contribution in [0.3, 0.4) is 0 Å². The number of hydrogen-bond donors (Lipinski definition) is 8. The summed E-state index contributed by atoms with van der Waals surface area (Å²) in [6, 6.07) is 12.9. The van der Waals surface area contributed by atoms with E-state index in [0.29, 0.717) is 93.7 Å². The number of phenolic OH excluding ortho intramolecular Hbond substituents is 1. The first-order valence-electron chi connectivity index (χ1n) is 35.2. The van der Waals surface area contributed by atoms with Gasteiger partial charge in [-0.05, 0) is 224 Å². The van der Waals surface area contributed by atoms with Crippen molar-refractivity contribution in [2.45, 2.75) is 240 Å². The number of fused-ring (bicyclic) bond motifs is 1. The van der Waals surface area contributed by atoms with Crippen LogP contribution in [0.5, 0.6) is 11.5 Å². The van der Waals surface area contributed by atoms with Crippen molar-refractivity contribution in [1.82, 2.24) is 10.2 Å². The first-order valence-corrected chi connectivity index (χ1v) is 37.5. The Balaban J connectivity index is 0.861. The molecule has 17 atom stereocenters. The molecule has 6 heterocycles. The Kier molecular flexibility index (Phi) is 17.0. The van der Waals surface area contributed by atoms with Crippen LogP contribution in [-0.4, -0.2) is 109 Å². The van der Waals surface area contributed by atoms with Crippen molar-refractivity contribution in [1.29, 1.82) is 0 Å². The summed E-state index contributed by atoms with van der Waals surface area (Å²) in [7, 11) is 4.07. The normalized spacial score (nSPS) is 41.4. The molecule has 15 nitrogen and oxygen atoms in total. The molecular weight excluding hydrogens is 1150 g/mol. The average Bonchev–Trinajstić information content (AvgIpc) is 1.59. The second-order valence-electron chi connectivity index (χ2n) is 31.1. The number of phenols is 1. The number of hydrogen-bond acceptors (Lipinski definition) is 14. The Morgan fingerprint density at radius 1 is 0.876 bits per heavy atom. The molecule has 8 saturated carbocycles. The molecular formula is C72H103N7O8S2. The first kappa shape index (κ1) is 62.3. The van der Waals surface area contributed by atoms with Gasteiger partial charge in [0, 0.05) is 97.5 Å². The van der Waals surface area contributed by atoms with Crippen molar-refractivity contribution in [3.8, 4) is 11.5 Å². The second-order valence-corrected chi connectivity index (χ2v) is 33.7. The van der Waals surface area contributed by atoms with E-state index in [2.05, 4.69) is 58.9 Å². The highest BCUT2D eigenvalue weighted by Crippen LogP contribution is 2.73. The Labute approximate surface area is 536 Å². The zero-order valence-corrected chi connectivity index (χ0v) is 54.7. The van der Waals surface area contributed by atoms with Crippen molar-refractivity contribution >= 4 is 45.4 Å². The third-order valence-electron chi connectivity index (χ3n) is 27.2. The van der Waals surface area contributed by atoms with Crippen LogP contribution in [0, 0.1) is 63.1 Å². The van der Waals surface area contributed by atoms with Gasteiger partial charge in [-0.15, -0.1) is 0 Å². The van der Waals surface area contributed by atoms with Gasteiger partial charge in [-0.25, -0.2) is 0 Å². The molecule has 17 rings (SSSR count). The number of aryl methyl sites for hydroxylation is 1. The first-order chi connectivity index (χ1) is 43.0. The molecule has 9 fully saturated rings. The monoisotopic (exact) mass is 1260 g/mol. The van der Waals surface area contributed by atoms with Crippen molar-refractivity contribution in [3.63, 3.8) is 0 Å². The Morgan fingerprint density at radius 3 is 2.47 bits per heavy atom. The summed E-state index contributed by atoms with van der Waals surface area (Å²) in [5.74, 6) is 3.33. The predicted octanol–water partition coefficient (Wildman–Crippen LogP) is 11.4. The van der Waals surface area contributed by atoms with E-state index < -0.39 is 28.8 Å². The van der Waals surface area contributed by atoms with Gasteiger partial charge in [0.05, 0.1) is 12.2 Å². The highest BCUT2D eigenvalue weighted by atomic mass is 33.1. The van der Waals surface area contributed by atoms with E-state index in [1.807, 2.05) is 26.5 Å². The lowest BCUT2D eigenvalue weighted by atomic mass is 9.49. The lowest BCUT2D eigenvalue weighted by molar-refractivity contribution is -0.173. The van der Waals surface area contributed by atoms with E-state index in [1.54, 1.807) is 0 Å². The van der Waals surface area contributed by atoms with Crippen molar-refractivity contribution < 1.29 is 39.5 Å². The number of benzene rings is 2. The molecule has 9 aliphatic carbocycles. The van der Waals surface area contributed by atoms with Crippen LogP contribution < -0.4 is 27.3 Å². The SMILES string of the molecule is CC(=O)O[C@@]12CCc3cc(c(O)c4c3[C@H]3C=C[C@@]5(CCC[C@@H]5C3)O4)CN3C[C@@]4(CC3=O)[C@@H](CC[C@@H]4c3ccccc3)CN=C(N)N[C@@]3(CCCC34CCCC4)SSC[C@@H]3CC[C@@H](C[C@@]34CCC[C@]43C[C@@H](CCCO)[C@@H](CCN=C(N)N)[C@@H]3O)[C@H](CC1)[C@H](O)C2. The molecule has 1 amide bonds. The molecule has 17 heteroatoms. The summed E-state index contributed by atoms with van der Waals surface area (Å²) in [5.41, 5.74) is 20.9. The topological polar surface area (TPSA) is 252 Å². The number of aliphatic imine (C=N–C) groups is 2. The number of carbonyl (C=O) groups excluding carboxylic acids is 2. The van der Waals surface area contributed by atoms with E-state index in [1.165, 1.54) is 44.6 Å². The third-order valence-corrected chi connectivity index (χ3v) is 30.5. The lowest BCUT2D eigenvalue weighted by Gasteiger charge is -2.57. The minimum absolute atomic E-state index is 0.00185. The van der Waals surface area contributed by atoms with Gasteiger partial charge < -0.3 is 57.3 Å². The lowest BCUT2D eigenvalue weighted by Crippen LogP contribution is -2.56. The van der Waals surface area contributed by atoms with Crippen LogP contribution in [0.1, 0.15) is 221 Å². The number of rotatable bonds is 8. The number of carbonyl (C=O) groups is 2. The highest BCUT2D eigenvalue weighted by Gasteiger charge is 2.68. The van der Waals surface area contributed by atoms with Crippen molar-refractivity contribution in [3.05, 3.63) is 70.8 Å². The summed E-state index contributed by atoms with van der Waals surface area (Å²) in [6.45, 7) is 3.38. The average molecular weight is 1260 g/mol. The molecule has 11 N–H and O–H groups in total. The van der Waals surface area contributed by atoms with Crippen molar-refractivity contribution in [2.24, 2.45) is 90.3 Å². The number of aromatic hydroxyl groups is 1. The van der Waals surface area contributed by atoms with Gasteiger partial charge >= 0.3 is 5.97 Å². The maximum absolute atomic E-state index is 15.1. The van der Waals surface area contributed by atoms with E-state index in [9.17, 15) is 25.2 Å². The minimum Gasteiger partial charge on any atom is -0.504 e. The number of allylic oxidation sites excluding steroid dienone is 1. The Bertz CT molecular complexity index is 3060. The largest absolute Gasteiger partial charge is 0.504 e.